The van der Waals surface area contributed by atoms with Crippen molar-refractivity contribution in [1.29, 1.82) is 0 Å². The van der Waals surface area contributed by atoms with Crippen LogP contribution in [0.4, 0.5) is 26.3 Å². The summed E-state index contributed by atoms with van der Waals surface area (Å²) in [5, 5.41) is 0. The molecule has 1 aromatic heterocycles. The van der Waals surface area contributed by atoms with E-state index < -0.39 is 35.6 Å². The van der Waals surface area contributed by atoms with Crippen LogP contribution in [0.5, 0.6) is 0 Å². The van der Waals surface area contributed by atoms with Crippen LogP contribution in [-0.2, 0) is 23.6 Å². The van der Waals surface area contributed by atoms with Gasteiger partial charge in [-0.3, -0.25) is 9.78 Å². The van der Waals surface area contributed by atoms with Gasteiger partial charge in [-0.15, -0.1) is 0 Å². The Labute approximate surface area is 155 Å². The number of pyridine rings is 1. The van der Waals surface area contributed by atoms with E-state index in [1.54, 1.807) is 0 Å². The van der Waals surface area contributed by atoms with Crippen molar-refractivity contribution in [3.05, 3.63) is 65.0 Å². The molecule has 1 amide bonds. The number of benzene rings is 1. The third-order valence-electron chi connectivity index (χ3n) is 4.29. The minimum absolute atomic E-state index is 0.116. The van der Waals surface area contributed by atoms with Gasteiger partial charge < -0.3 is 9.64 Å². The third-order valence-corrected chi connectivity index (χ3v) is 4.29. The highest BCUT2D eigenvalue weighted by molar-refractivity contribution is 5.94. The number of hydrogen-bond donors (Lipinski definition) is 0. The summed E-state index contributed by atoms with van der Waals surface area (Å²) in [5.41, 5.74) is -2.30. The van der Waals surface area contributed by atoms with Gasteiger partial charge in [0, 0.05) is 12.7 Å². The maximum Gasteiger partial charge on any atom is 0.433 e. The smallest absolute Gasteiger partial charge is 0.377 e. The van der Waals surface area contributed by atoms with E-state index in [1.165, 1.54) is 23.1 Å². The van der Waals surface area contributed by atoms with Gasteiger partial charge in [-0.2, -0.15) is 26.3 Å². The summed E-state index contributed by atoms with van der Waals surface area (Å²) in [5.74, 6) is -0.716. The largest absolute Gasteiger partial charge is 0.433 e. The van der Waals surface area contributed by atoms with Crippen LogP contribution in [-0.4, -0.2) is 35.0 Å². The fourth-order valence-electron chi connectivity index (χ4n) is 2.74. The highest BCUT2D eigenvalue weighted by atomic mass is 19.4. The fourth-order valence-corrected chi connectivity index (χ4v) is 2.74. The van der Waals surface area contributed by atoms with Crippen LogP contribution in [0.15, 0.2) is 42.6 Å². The quantitative estimate of drug-likeness (QED) is 0.719. The lowest BCUT2D eigenvalue weighted by Gasteiger charge is -2.37. The molecule has 2 aromatic rings. The van der Waals surface area contributed by atoms with Gasteiger partial charge in [-0.05, 0) is 23.8 Å². The van der Waals surface area contributed by atoms with Gasteiger partial charge in [0.1, 0.15) is 5.69 Å². The lowest BCUT2D eigenvalue weighted by atomic mass is 10.0. The molecule has 150 valence electrons. The number of amides is 1. The normalized spacial score (nSPS) is 15.2. The zero-order valence-electron chi connectivity index (χ0n) is 14.2. The van der Waals surface area contributed by atoms with Crippen molar-refractivity contribution in [3.8, 4) is 0 Å². The molecule has 4 nitrogen and oxygen atoms in total. The molecule has 2 heterocycles. The first kappa shape index (κ1) is 20.1. The molecule has 0 spiro atoms. The molecule has 0 radical (unpaired) electrons. The molecule has 3 rings (SSSR count). The summed E-state index contributed by atoms with van der Waals surface area (Å²) < 4.78 is 82.6. The van der Waals surface area contributed by atoms with E-state index in [2.05, 4.69) is 4.98 Å². The molecule has 1 aliphatic rings. The van der Waals surface area contributed by atoms with E-state index in [-0.39, 0.29) is 30.9 Å². The molecule has 0 aliphatic carbocycles. The molecular formula is C18H14F6N2O2. The van der Waals surface area contributed by atoms with Crippen LogP contribution in [0.25, 0.3) is 0 Å². The average molecular weight is 404 g/mol. The Morgan fingerprint density at radius 3 is 2.21 bits per heavy atom. The zero-order chi connectivity index (χ0) is 20.5. The number of rotatable bonds is 4. The van der Waals surface area contributed by atoms with Crippen LogP contribution >= 0.6 is 0 Å². The van der Waals surface area contributed by atoms with Crippen molar-refractivity contribution in [3.63, 3.8) is 0 Å². The highest BCUT2D eigenvalue weighted by Crippen LogP contribution is 2.33. The van der Waals surface area contributed by atoms with Gasteiger partial charge in [-0.1, -0.05) is 18.2 Å². The number of carbonyl (C=O) groups is 1. The van der Waals surface area contributed by atoms with E-state index in [0.29, 0.717) is 6.07 Å². The number of aromatic nitrogens is 1. The Bertz CT molecular complexity index is 844. The van der Waals surface area contributed by atoms with E-state index in [9.17, 15) is 31.1 Å². The van der Waals surface area contributed by atoms with Crippen LogP contribution < -0.4 is 0 Å². The zero-order valence-corrected chi connectivity index (χ0v) is 14.2. The second kappa shape index (κ2) is 7.42. The molecular weight excluding hydrogens is 390 g/mol. The van der Waals surface area contributed by atoms with Gasteiger partial charge in [0.15, 0.2) is 0 Å². The first-order valence-corrected chi connectivity index (χ1v) is 8.14. The van der Waals surface area contributed by atoms with Crippen molar-refractivity contribution < 1.29 is 35.9 Å². The van der Waals surface area contributed by atoms with Crippen molar-refractivity contribution >= 4 is 5.91 Å². The lowest BCUT2D eigenvalue weighted by Crippen LogP contribution is -2.51. The second-order valence-electron chi connectivity index (χ2n) is 6.21. The predicted molar refractivity (Wildman–Crippen MR) is 85.2 cm³/mol. The minimum atomic E-state index is -4.66. The molecule has 28 heavy (non-hydrogen) atoms. The molecule has 0 N–H and O–H groups in total. The topological polar surface area (TPSA) is 42.4 Å². The fraction of sp³-hybridized carbons (Fsp3) is 0.333. The molecule has 1 aromatic carbocycles. The summed E-state index contributed by atoms with van der Waals surface area (Å²) in [6, 6.07) is 5.97. The molecule has 1 saturated heterocycles. The molecule has 0 unspecified atom stereocenters. The number of ether oxygens (including phenoxy) is 1. The lowest BCUT2D eigenvalue weighted by molar-refractivity contribution is -0.141. The first-order valence-electron chi connectivity index (χ1n) is 8.14. The van der Waals surface area contributed by atoms with E-state index in [4.69, 9.17) is 4.74 Å². The van der Waals surface area contributed by atoms with Gasteiger partial charge in [0.05, 0.1) is 30.4 Å². The van der Waals surface area contributed by atoms with Gasteiger partial charge >= 0.3 is 12.4 Å². The summed E-state index contributed by atoms with van der Waals surface area (Å²) in [4.78, 5) is 17.2. The summed E-state index contributed by atoms with van der Waals surface area (Å²) in [6.45, 7) is -0.0917. The Hall–Kier alpha value is -2.62. The maximum atomic E-state index is 13.2. The number of nitrogens with zero attached hydrogens (tertiary/aromatic N) is 2. The molecule has 0 saturated carbocycles. The van der Waals surface area contributed by atoms with Crippen LogP contribution in [0, 0.1) is 0 Å². The standard InChI is InChI=1S/C18H14F6N2O2/c19-17(20,21)14-4-2-1-3-12(14)8-26(13-9-28-10-13)16(27)11-5-6-15(25-7-11)18(22,23)24/h1-7,13H,8-10H2. The van der Waals surface area contributed by atoms with Gasteiger partial charge in [0.25, 0.3) is 5.91 Å². The van der Waals surface area contributed by atoms with Crippen LogP contribution in [0.3, 0.4) is 0 Å². The summed E-state index contributed by atoms with van der Waals surface area (Å²) in [6.07, 6.45) is -8.49. The van der Waals surface area contributed by atoms with Crippen LogP contribution in [0.2, 0.25) is 0 Å². The van der Waals surface area contributed by atoms with Crippen molar-refractivity contribution in [2.45, 2.75) is 24.9 Å². The highest BCUT2D eigenvalue weighted by Gasteiger charge is 2.37. The molecule has 10 heteroatoms. The average Bonchev–Trinajstić information content (AvgIpc) is 2.58. The molecule has 0 atom stereocenters. The summed E-state index contributed by atoms with van der Waals surface area (Å²) >= 11 is 0. The van der Waals surface area contributed by atoms with Gasteiger partial charge in [0.2, 0.25) is 0 Å². The number of alkyl halides is 6. The number of carbonyl (C=O) groups excluding carboxylic acids is 1. The maximum absolute atomic E-state index is 13.2. The predicted octanol–water partition coefficient (Wildman–Crippen LogP) is 4.16. The van der Waals surface area contributed by atoms with E-state index in [0.717, 1.165) is 18.3 Å². The molecule has 0 bridgehead atoms. The third kappa shape index (κ3) is 4.27. The molecule has 1 fully saturated rings. The van der Waals surface area contributed by atoms with E-state index in [1.807, 2.05) is 0 Å². The van der Waals surface area contributed by atoms with Crippen LogP contribution in [0.1, 0.15) is 27.2 Å². The Balaban J connectivity index is 1.89. The second-order valence-corrected chi connectivity index (χ2v) is 6.21. The minimum Gasteiger partial charge on any atom is -0.377 e. The van der Waals surface area contributed by atoms with Crippen molar-refractivity contribution in [2.75, 3.05) is 13.2 Å². The number of hydrogen-bond acceptors (Lipinski definition) is 3. The van der Waals surface area contributed by atoms with Gasteiger partial charge in [-0.25, -0.2) is 0 Å². The Morgan fingerprint density at radius 2 is 1.71 bits per heavy atom. The van der Waals surface area contributed by atoms with Crippen molar-refractivity contribution in [1.82, 2.24) is 9.88 Å². The first-order chi connectivity index (χ1) is 13.1. The number of halogens is 6. The Morgan fingerprint density at radius 1 is 1.04 bits per heavy atom. The van der Waals surface area contributed by atoms with E-state index >= 15 is 0 Å². The van der Waals surface area contributed by atoms with Crippen molar-refractivity contribution in [2.24, 2.45) is 0 Å². The monoisotopic (exact) mass is 404 g/mol. The summed E-state index contributed by atoms with van der Waals surface area (Å²) in [7, 11) is 0. The SMILES string of the molecule is O=C(c1ccc(C(F)(F)F)nc1)N(Cc1ccccc1C(F)(F)F)C1COC1. The Kier molecular flexibility index (Phi) is 5.33. The molecule has 1 aliphatic heterocycles.